The number of nitrogens with zero attached hydrogens (tertiary/aromatic N) is 2. The molecule has 9 heteroatoms. The number of hydrogen-bond donors (Lipinski definition) is 0. The monoisotopic (exact) mass is 446 g/mol. The Morgan fingerprint density at radius 1 is 0.935 bits per heavy atom. The van der Waals surface area contributed by atoms with Gasteiger partial charge in [0.15, 0.2) is 4.90 Å². The maximum absolute atomic E-state index is 14.2. The summed E-state index contributed by atoms with van der Waals surface area (Å²) in [7, 11) is -4.46. The topological polar surface area (TPSA) is 80.5 Å². The van der Waals surface area contributed by atoms with Gasteiger partial charge < -0.3 is 0 Å². The zero-order chi connectivity index (χ0) is 22.4. The van der Waals surface area contributed by atoms with Gasteiger partial charge in [-0.2, -0.15) is 4.31 Å². The highest BCUT2D eigenvalue weighted by molar-refractivity contribution is 7.89. The van der Waals surface area contributed by atoms with Crippen LogP contribution in [0.15, 0.2) is 83.8 Å². The fourth-order valence-corrected chi connectivity index (χ4v) is 5.05. The maximum atomic E-state index is 14.2. The third-order valence-corrected chi connectivity index (χ3v) is 6.82. The lowest BCUT2D eigenvalue weighted by Gasteiger charge is -2.29. The van der Waals surface area contributed by atoms with Crippen LogP contribution >= 0.6 is 0 Å². The number of hydrogen-bond acceptors (Lipinski definition) is 4. The molecule has 0 saturated carbocycles. The molecule has 31 heavy (non-hydrogen) atoms. The number of nitro benzene ring substituents is 1. The molecule has 6 nitrogen and oxygen atoms in total. The average Bonchev–Trinajstić information content (AvgIpc) is 2.78. The lowest BCUT2D eigenvalue weighted by atomic mass is 10.1. The molecule has 3 aromatic carbocycles. The lowest BCUT2D eigenvalue weighted by Crippen LogP contribution is -2.38. The summed E-state index contributed by atoms with van der Waals surface area (Å²) < 4.78 is 55.5. The van der Waals surface area contributed by atoms with E-state index >= 15 is 0 Å². The summed E-state index contributed by atoms with van der Waals surface area (Å²) in [4.78, 5) is 10.1. The van der Waals surface area contributed by atoms with Gasteiger partial charge in [0.05, 0.1) is 11.0 Å². The van der Waals surface area contributed by atoms with Gasteiger partial charge in [0.1, 0.15) is 12.5 Å². The molecule has 0 amide bonds. The van der Waals surface area contributed by atoms with Crippen molar-refractivity contribution in [2.24, 2.45) is 0 Å². The summed E-state index contributed by atoms with van der Waals surface area (Å²) >= 11 is 0. The molecule has 0 aliphatic rings. The summed E-state index contributed by atoms with van der Waals surface area (Å²) in [5.74, 6) is -0.543. The second kappa shape index (κ2) is 9.76. The van der Waals surface area contributed by atoms with Crippen molar-refractivity contribution < 1.29 is 22.1 Å². The van der Waals surface area contributed by atoms with Crippen LogP contribution in [-0.4, -0.2) is 30.9 Å². The SMILES string of the molecule is O=[N+]([O-])c1ccccc1S(=O)(=O)N(CCc1ccccc1)C(CF)c1ccc(F)cc1. The van der Waals surface area contributed by atoms with Gasteiger partial charge in [-0.05, 0) is 35.7 Å². The van der Waals surface area contributed by atoms with Gasteiger partial charge in [-0.3, -0.25) is 10.1 Å². The van der Waals surface area contributed by atoms with Crippen LogP contribution in [0.1, 0.15) is 17.2 Å². The Morgan fingerprint density at radius 2 is 1.55 bits per heavy atom. The molecular formula is C22H20F2N2O4S. The van der Waals surface area contributed by atoms with E-state index in [1.165, 1.54) is 24.3 Å². The smallest absolute Gasteiger partial charge is 0.258 e. The predicted molar refractivity (Wildman–Crippen MR) is 112 cm³/mol. The Kier molecular flexibility index (Phi) is 7.09. The van der Waals surface area contributed by atoms with Crippen molar-refractivity contribution in [1.29, 1.82) is 0 Å². The van der Waals surface area contributed by atoms with Crippen LogP contribution in [-0.2, 0) is 16.4 Å². The predicted octanol–water partition coefficient (Wildman–Crippen LogP) is 4.68. The minimum absolute atomic E-state index is 0.121. The average molecular weight is 446 g/mol. The van der Waals surface area contributed by atoms with E-state index < -0.39 is 44.1 Å². The summed E-state index contributed by atoms with van der Waals surface area (Å²) in [6, 6.07) is 17.5. The molecule has 0 fully saturated rings. The van der Waals surface area contributed by atoms with E-state index in [2.05, 4.69) is 0 Å². The molecule has 0 bridgehead atoms. The van der Waals surface area contributed by atoms with Crippen molar-refractivity contribution in [2.75, 3.05) is 13.2 Å². The summed E-state index contributed by atoms with van der Waals surface area (Å²) in [5, 5.41) is 11.4. The molecule has 1 atom stereocenters. The van der Waals surface area contributed by atoms with E-state index in [9.17, 15) is 27.3 Å². The first kappa shape index (κ1) is 22.5. The van der Waals surface area contributed by atoms with Gasteiger partial charge in [-0.25, -0.2) is 17.2 Å². The minimum Gasteiger partial charge on any atom is -0.258 e. The first-order valence-electron chi connectivity index (χ1n) is 9.45. The number of para-hydroxylation sites is 1. The van der Waals surface area contributed by atoms with Gasteiger partial charge in [-0.15, -0.1) is 0 Å². The van der Waals surface area contributed by atoms with Crippen LogP contribution in [0.25, 0.3) is 0 Å². The van der Waals surface area contributed by atoms with Crippen LogP contribution in [0, 0.1) is 15.9 Å². The fraction of sp³-hybridized carbons (Fsp3) is 0.182. The number of sulfonamides is 1. The molecule has 1 unspecified atom stereocenters. The van der Waals surface area contributed by atoms with Gasteiger partial charge in [-0.1, -0.05) is 54.6 Å². The van der Waals surface area contributed by atoms with Gasteiger partial charge >= 0.3 is 0 Å². The molecule has 0 spiro atoms. The minimum atomic E-state index is -4.46. The first-order valence-corrected chi connectivity index (χ1v) is 10.9. The maximum Gasteiger partial charge on any atom is 0.289 e. The molecular weight excluding hydrogens is 426 g/mol. The van der Waals surface area contributed by atoms with Gasteiger partial charge in [0, 0.05) is 12.6 Å². The molecule has 0 radical (unpaired) electrons. The summed E-state index contributed by atoms with van der Waals surface area (Å²) in [6.07, 6.45) is 0.262. The standard InChI is InChI=1S/C22H20F2N2O4S/c23-16-21(18-10-12-19(24)13-11-18)25(15-14-17-6-2-1-3-7-17)31(29,30)22-9-5-4-8-20(22)26(27)28/h1-13,21H,14-16H2. The normalized spacial score (nSPS) is 12.6. The molecule has 3 rings (SSSR count). The second-order valence-electron chi connectivity index (χ2n) is 6.80. The largest absolute Gasteiger partial charge is 0.289 e. The molecule has 0 heterocycles. The number of halogens is 2. The van der Waals surface area contributed by atoms with Crippen molar-refractivity contribution in [3.8, 4) is 0 Å². The third kappa shape index (κ3) is 5.12. The van der Waals surface area contributed by atoms with E-state index in [1.807, 2.05) is 6.07 Å². The second-order valence-corrected chi connectivity index (χ2v) is 8.66. The molecule has 0 aliphatic carbocycles. The third-order valence-electron chi connectivity index (χ3n) is 4.86. The first-order chi connectivity index (χ1) is 14.8. The zero-order valence-corrected chi connectivity index (χ0v) is 17.2. The molecule has 0 aromatic heterocycles. The van der Waals surface area contributed by atoms with E-state index in [0.29, 0.717) is 0 Å². The fourth-order valence-electron chi connectivity index (χ4n) is 3.30. The molecule has 3 aromatic rings. The van der Waals surface area contributed by atoms with Gasteiger partial charge in [0.2, 0.25) is 0 Å². The van der Waals surface area contributed by atoms with Crippen LogP contribution in [0.4, 0.5) is 14.5 Å². The summed E-state index contributed by atoms with van der Waals surface area (Å²) in [6.45, 7) is -1.20. The Balaban J connectivity index is 2.08. The van der Waals surface area contributed by atoms with E-state index in [1.54, 1.807) is 24.3 Å². The van der Waals surface area contributed by atoms with E-state index in [0.717, 1.165) is 34.1 Å². The van der Waals surface area contributed by atoms with Gasteiger partial charge in [0.25, 0.3) is 15.7 Å². The molecule has 0 aliphatic heterocycles. The Morgan fingerprint density at radius 3 is 2.16 bits per heavy atom. The Hall–Kier alpha value is -3.17. The van der Waals surface area contributed by atoms with E-state index in [-0.39, 0.29) is 18.5 Å². The molecule has 0 N–H and O–H groups in total. The van der Waals surface area contributed by atoms with Crippen molar-refractivity contribution in [2.45, 2.75) is 17.4 Å². The molecule has 0 saturated heterocycles. The number of nitro groups is 1. The lowest BCUT2D eigenvalue weighted by molar-refractivity contribution is -0.387. The highest BCUT2D eigenvalue weighted by Crippen LogP contribution is 2.33. The Bertz CT molecular complexity index is 1140. The highest BCUT2D eigenvalue weighted by Gasteiger charge is 2.36. The van der Waals surface area contributed by atoms with Crippen LogP contribution < -0.4 is 0 Å². The van der Waals surface area contributed by atoms with Crippen molar-refractivity contribution in [3.05, 3.63) is 106 Å². The van der Waals surface area contributed by atoms with Crippen LogP contribution in [0.3, 0.4) is 0 Å². The summed E-state index contributed by atoms with van der Waals surface area (Å²) in [5.41, 5.74) is 0.477. The zero-order valence-electron chi connectivity index (χ0n) is 16.4. The molecule has 162 valence electrons. The van der Waals surface area contributed by atoms with Crippen molar-refractivity contribution in [3.63, 3.8) is 0 Å². The number of alkyl halides is 1. The highest BCUT2D eigenvalue weighted by atomic mass is 32.2. The van der Waals surface area contributed by atoms with Crippen LogP contribution in [0.5, 0.6) is 0 Å². The quantitative estimate of drug-likeness (QED) is 0.353. The van der Waals surface area contributed by atoms with Crippen molar-refractivity contribution in [1.82, 2.24) is 4.31 Å². The number of rotatable bonds is 9. The van der Waals surface area contributed by atoms with Crippen LogP contribution in [0.2, 0.25) is 0 Å². The number of benzene rings is 3. The van der Waals surface area contributed by atoms with E-state index in [4.69, 9.17) is 0 Å². The van der Waals surface area contributed by atoms with Crippen molar-refractivity contribution >= 4 is 15.7 Å². The Labute approximate surface area is 179 Å².